The van der Waals surface area contributed by atoms with E-state index in [2.05, 4.69) is 33.0 Å². The van der Waals surface area contributed by atoms with Crippen LogP contribution in [0, 0.1) is 13.8 Å². The van der Waals surface area contributed by atoms with Crippen LogP contribution in [0.1, 0.15) is 61.8 Å². The Morgan fingerprint density at radius 3 is 2.33 bits per heavy atom. The van der Waals surface area contributed by atoms with E-state index >= 15 is 0 Å². The van der Waals surface area contributed by atoms with Gasteiger partial charge in [0.1, 0.15) is 5.82 Å². The average molecular weight is 291 g/mol. The molecule has 0 aromatic carbocycles. The Hall–Kier alpha value is -1.00. The highest BCUT2D eigenvalue weighted by Crippen LogP contribution is 2.25. The normalized spacial score (nSPS) is 16.6. The number of hydrogen-bond acceptors (Lipinski definition) is 4. The largest absolute Gasteiger partial charge is 0.381 e. The topological polar surface area (TPSA) is 47.0 Å². The smallest absolute Gasteiger partial charge is 0.132 e. The second-order valence-electron chi connectivity index (χ2n) is 6.33. The molecule has 1 aromatic heterocycles. The van der Waals surface area contributed by atoms with Gasteiger partial charge in [-0.05, 0) is 51.6 Å². The summed E-state index contributed by atoms with van der Waals surface area (Å²) in [5.74, 6) is 1.50. The van der Waals surface area contributed by atoms with Crippen molar-refractivity contribution >= 4 is 0 Å². The lowest BCUT2D eigenvalue weighted by molar-refractivity contribution is 0.0835. The van der Waals surface area contributed by atoms with Crippen molar-refractivity contribution in [3.63, 3.8) is 0 Å². The van der Waals surface area contributed by atoms with Gasteiger partial charge in [0.25, 0.3) is 0 Å². The third kappa shape index (κ3) is 4.75. The molecular weight excluding hydrogens is 262 g/mol. The van der Waals surface area contributed by atoms with Crippen molar-refractivity contribution in [1.29, 1.82) is 0 Å². The number of aryl methyl sites for hydroxylation is 2. The van der Waals surface area contributed by atoms with E-state index in [4.69, 9.17) is 14.7 Å². The first-order valence-corrected chi connectivity index (χ1v) is 8.23. The second kappa shape index (κ2) is 7.85. The Morgan fingerprint density at radius 2 is 1.76 bits per heavy atom. The maximum atomic E-state index is 5.43. The van der Waals surface area contributed by atoms with Gasteiger partial charge in [0, 0.05) is 36.6 Å². The molecule has 1 fully saturated rings. The summed E-state index contributed by atoms with van der Waals surface area (Å²) in [4.78, 5) is 9.57. The summed E-state index contributed by atoms with van der Waals surface area (Å²) in [7, 11) is 0. The van der Waals surface area contributed by atoms with Crippen molar-refractivity contribution in [3.05, 3.63) is 22.8 Å². The molecule has 0 radical (unpaired) electrons. The van der Waals surface area contributed by atoms with E-state index in [0.717, 1.165) is 62.7 Å². The van der Waals surface area contributed by atoms with E-state index in [9.17, 15) is 0 Å². The molecule has 4 heteroatoms. The van der Waals surface area contributed by atoms with Gasteiger partial charge < -0.3 is 10.1 Å². The van der Waals surface area contributed by atoms with Gasteiger partial charge in [-0.15, -0.1) is 0 Å². The van der Waals surface area contributed by atoms with Crippen molar-refractivity contribution in [1.82, 2.24) is 15.3 Å². The first-order valence-electron chi connectivity index (χ1n) is 8.23. The molecule has 4 nitrogen and oxygen atoms in total. The number of ether oxygens (including phenoxy) is 1. The van der Waals surface area contributed by atoms with E-state index in [0.29, 0.717) is 12.0 Å². The minimum absolute atomic E-state index is 0.479. The average Bonchev–Trinajstić information content (AvgIpc) is 2.46. The van der Waals surface area contributed by atoms with Crippen LogP contribution in [-0.2, 0) is 11.2 Å². The van der Waals surface area contributed by atoms with Gasteiger partial charge >= 0.3 is 0 Å². The zero-order valence-corrected chi connectivity index (χ0v) is 13.9. The summed E-state index contributed by atoms with van der Waals surface area (Å²) in [6.45, 7) is 11.4. The number of aromatic nitrogens is 2. The lowest BCUT2D eigenvalue weighted by atomic mass is 9.98. The lowest BCUT2D eigenvalue weighted by Gasteiger charge is -2.22. The van der Waals surface area contributed by atoms with Gasteiger partial charge in [0.15, 0.2) is 0 Å². The van der Waals surface area contributed by atoms with E-state index in [1.807, 2.05) is 0 Å². The van der Waals surface area contributed by atoms with Crippen LogP contribution in [0.5, 0.6) is 0 Å². The van der Waals surface area contributed by atoms with Crippen LogP contribution in [0.2, 0.25) is 0 Å². The summed E-state index contributed by atoms with van der Waals surface area (Å²) in [5.41, 5.74) is 3.65. The van der Waals surface area contributed by atoms with E-state index in [-0.39, 0.29) is 0 Å². The summed E-state index contributed by atoms with van der Waals surface area (Å²) >= 11 is 0. The standard InChI is InChI=1S/C17H29N3O/c1-12(2)18-9-5-6-16-13(3)19-17(20-14(16)4)15-7-10-21-11-8-15/h12,15,18H,5-11H2,1-4H3. The molecule has 1 aliphatic rings. The highest BCUT2D eigenvalue weighted by molar-refractivity contribution is 5.25. The quantitative estimate of drug-likeness (QED) is 0.819. The van der Waals surface area contributed by atoms with Gasteiger partial charge in [0.05, 0.1) is 0 Å². The van der Waals surface area contributed by atoms with Gasteiger partial charge in [-0.2, -0.15) is 0 Å². The Labute approximate surface area is 128 Å². The van der Waals surface area contributed by atoms with Crippen LogP contribution in [-0.4, -0.2) is 35.8 Å². The van der Waals surface area contributed by atoms with Crippen molar-refractivity contribution in [3.8, 4) is 0 Å². The Morgan fingerprint density at radius 1 is 1.14 bits per heavy atom. The third-order valence-electron chi connectivity index (χ3n) is 4.18. The molecule has 2 rings (SSSR count). The van der Waals surface area contributed by atoms with Crippen LogP contribution in [0.3, 0.4) is 0 Å². The van der Waals surface area contributed by atoms with Crippen LogP contribution in [0.4, 0.5) is 0 Å². The summed E-state index contributed by atoms with van der Waals surface area (Å²) < 4.78 is 5.43. The van der Waals surface area contributed by atoms with Gasteiger partial charge in [0.2, 0.25) is 0 Å². The Balaban J connectivity index is 1.99. The molecule has 0 unspecified atom stereocenters. The van der Waals surface area contributed by atoms with Crippen LogP contribution >= 0.6 is 0 Å². The summed E-state index contributed by atoms with van der Waals surface area (Å²) in [6.07, 6.45) is 4.30. The van der Waals surface area contributed by atoms with Crippen molar-refractivity contribution in [2.24, 2.45) is 0 Å². The second-order valence-corrected chi connectivity index (χ2v) is 6.33. The van der Waals surface area contributed by atoms with E-state index in [1.165, 1.54) is 5.56 Å². The van der Waals surface area contributed by atoms with E-state index in [1.54, 1.807) is 0 Å². The molecule has 1 aliphatic heterocycles. The molecule has 0 saturated carbocycles. The van der Waals surface area contributed by atoms with Crippen molar-refractivity contribution in [2.75, 3.05) is 19.8 Å². The minimum Gasteiger partial charge on any atom is -0.381 e. The molecule has 118 valence electrons. The van der Waals surface area contributed by atoms with Crippen molar-refractivity contribution in [2.45, 2.75) is 65.3 Å². The predicted octanol–water partition coefficient (Wildman–Crippen LogP) is 2.92. The number of rotatable bonds is 6. The molecule has 1 aromatic rings. The molecule has 0 atom stereocenters. The van der Waals surface area contributed by atoms with Gasteiger partial charge in [-0.3, -0.25) is 0 Å². The number of nitrogens with zero attached hydrogens (tertiary/aromatic N) is 2. The Bertz CT molecular complexity index is 430. The fraction of sp³-hybridized carbons (Fsp3) is 0.765. The minimum atomic E-state index is 0.479. The fourth-order valence-electron chi connectivity index (χ4n) is 2.92. The fourth-order valence-corrected chi connectivity index (χ4v) is 2.92. The first-order chi connectivity index (χ1) is 10.1. The molecule has 0 bridgehead atoms. The number of nitrogens with one attached hydrogen (secondary N) is 1. The molecule has 0 aliphatic carbocycles. The first kappa shape index (κ1) is 16.4. The van der Waals surface area contributed by atoms with Crippen LogP contribution in [0.25, 0.3) is 0 Å². The SMILES string of the molecule is Cc1nc(C2CCOCC2)nc(C)c1CCCNC(C)C. The zero-order chi connectivity index (χ0) is 15.2. The molecule has 0 spiro atoms. The number of hydrogen-bond donors (Lipinski definition) is 1. The summed E-state index contributed by atoms with van der Waals surface area (Å²) in [6, 6.07) is 0.555. The predicted molar refractivity (Wildman–Crippen MR) is 85.8 cm³/mol. The molecule has 1 N–H and O–H groups in total. The highest BCUT2D eigenvalue weighted by atomic mass is 16.5. The maximum Gasteiger partial charge on any atom is 0.132 e. The molecule has 1 saturated heterocycles. The monoisotopic (exact) mass is 291 g/mol. The molecule has 2 heterocycles. The lowest BCUT2D eigenvalue weighted by Crippen LogP contribution is -2.24. The molecular formula is C17H29N3O. The van der Waals surface area contributed by atoms with Crippen LogP contribution in [0.15, 0.2) is 0 Å². The Kier molecular flexibility index (Phi) is 6.12. The highest BCUT2D eigenvalue weighted by Gasteiger charge is 2.20. The van der Waals surface area contributed by atoms with Crippen molar-refractivity contribution < 1.29 is 4.74 Å². The maximum absolute atomic E-state index is 5.43. The summed E-state index contributed by atoms with van der Waals surface area (Å²) in [5, 5.41) is 3.46. The van der Waals surface area contributed by atoms with Crippen LogP contribution < -0.4 is 5.32 Å². The molecule has 0 amide bonds. The zero-order valence-electron chi connectivity index (χ0n) is 13.9. The third-order valence-corrected chi connectivity index (χ3v) is 4.18. The van der Waals surface area contributed by atoms with Gasteiger partial charge in [-0.1, -0.05) is 13.8 Å². The molecule has 21 heavy (non-hydrogen) atoms. The van der Waals surface area contributed by atoms with Gasteiger partial charge in [-0.25, -0.2) is 9.97 Å². The van der Waals surface area contributed by atoms with E-state index < -0.39 is 0 Å².